The highest BCUT2D eigenvalue weighted by atomic mass is 16.6. The average molecular weight is 609 g/mol. The van der Waals surface area contributed by atoms with Crippen molar-refractivity contribution in [1.82, 2.24) is 19.6 Å². The molecule has 0 aromatic heterocycles. The summed E-state index contributed by atoms with van der Waals surface area (Å²) < 4.78 is 11.0. The van der Waals surface area contributed by atoms with E-state index < -0.39 is 73.9 Å². The summed E-state index contributed by atoms with van der Waals surface area (Å²) >= 11 is 0. The van der Waals surface area contributed by atoms with Gasteiger partial charge in [0.1, 0.15) is 11.2 Å². The van der Waals surface area contributed by atoms with Gasteiger partial charge in [-0.3, -0.25) is 29.2 Å². The second kappa shape index (κ2) is 18.4. The van der Waals surface area contributed by atoms with Gasteiger partial charge >= 0.3 is 11.9 Å². The molecule has 0 aliphatic carbocycles. The van der Waals surface area contributed by atoms with Crippen molar-refractivity contribution in [3.05, 3.63) is 0 Å². The van der Waals surface area contributed by atoms with Gasteiger partial charge in [-0.25, -0.2) is 0 Å². The highest BCUT2D eigenvalue weighted by molar-refractivity contribution is 5.72. The third kappa shape index (κ3) is 14.8. The Hall–Kier alpha value is -1.46. The SMILES string of the molecule is CC(C)(C)OC(=O)CN1CCN(C(CO)C(O)CO)CCN(CC(=O)OC(C)(C)C)CCN(C(CO)C(O)CO)CC1. The van der Waals surface area contributed by atoms with E-state index in [1.54, 1.807) is 41.5 Å². The molecule has 1 saturated heterocycles. The third-order valence-corrected chi connectivity index (χ3v) is 6.93. The number of hydrogen-bond donors (Lipinski definition) is 6. The summed E-state index contributed by atoms with van der Waals surface area (Å²) in [7, 11) is 0. The van der Waals surface area contributed by atoms with Crippen LogP contribution in [0.15, 0.2) is 0 Å². The smallest absolute Gasteiger partial charge is 0.320 e. The van der Waals surface area contributed by atoms with Crippen molar-refractivity contribution >= 4 is 11.9 Å². The molecule has 1 rings (SSSR count). The lowest BCUT2D eigenvalue weighted by Crippen LogP contribution is -2.56. The van der Waals surface area contributed by atoms with E-state index >= 15 is 0 Å². The topological polar surface area (TPSA) is 187 Å². The molecule has 0 spiro atoms. The summed E-state index contributed by atoms with van der Waals surface area (Å²) in [5.74, 6) is -0.862. The molecule has 6 N–H and O–H groups in total. The molecule has 1 aliphatic rings. The summed E-state index contributed by atoms with van der Waals surface area (Å²) in [6.07, 6.45) is -2.41. The molecule has 0 saturated carbocycles. The van der Waals surface area contributed by atoms with E-state index in [0.29, 0.717) is 52.4 Å². The van der Waals surface area contributed by atoms with E-state index in [0.717, 1.165) is 0 Å². The number of esters is 2. The molecular formula is C28H56N4O10. The molecule has 0 bridgehead atoms. The van der Waals surface area contributed by atoms with E-state index in [2.05, 4.69) is 0 Å². The number of nitrogens with zero attached hydrogens (tertiary/aromatic N) is 4. The van der Waals surface area contributed by atoms with Crippen molar-refractivity contribution in [2.24, 2.45) is 0 Å². The van der Waals surface area contributed by atoms with Crippen LogP contribution >= 0.6 is 0 Å². The zero-order chi connectivity index (χ0) is 32.1. The van der Waals surface area contributed by atoms with E-state index in [9.17, 15) is 40.2 Å². The van der Waals surface area contributed by atoms with E-state index in [1.165, 1.54) is 0 Å². The maximum atomic E-state index is 12.7. The first-order valence-electron chi connectivity index (χ1n) is 14.7. The van der Waals surface area contributed by atoms with Crippen molar-refractivity contribution in [3.8, 4) is 0 Å². The predicted octanol–water partition coefficient (Wildman–Crippen LogP) is -2.68. The normalized spacial score (nSPS) is 21.0. The first kappa shape index (κ1) is 38.6. The molecule has 42 heavy (non-hydrogen) atoms. The number of ether oxygens (including phenoxy) is 2. The summed E-state index contributed by atoms with van der Waals surface area (Å²) in [4.78, 5) is 32.8. The maximum Gasteiger partial charge on any atom is 0.320 e. The summed E-state index contributed by atoms with van der Waals surface area (Å²) in [6.45, 7) is 11.2. The largest absolute Gasteiger partial charge is 0.459 e. The molecular weight excluding hydrogens is 552 g/mol. The van der Waals surface area contributed by atoms with Crippen LogP contribution in [0.4, 0.5) is 0 Å². The number of hydrogen-bond acceptors (Lipinski definition) is 14. The van der Waals surface area contributed by atoms with Crippen molar-refractivity contribution in [1.29, 1.82) is 0 Å². The average Bonchev–Trinajstić information content (AvgIpc) is 2.87. The molecule has 4 atom stereocenters. The second-order valence-corrected chi connectivity index (χ2v) is 12.8. The lowest BCUT2D eigenvalue weighted by Gasteiger charge is -2.39. The number of rotatable bonds is 12. The number of carbonyl (C=O) groups excluding carboxylic acids is 2. The Kier molecular flexibility index (Phi) is 16.9. The van der Waals surface area contributed by atoms with Gasteiger partial charge in [-0.15, -0.1) is 0 Å². The molecule has 0 aromatic rings. The van der Waals surface area contributed by atoms with Gasteiger partial charge in [-0.2, -0.15) is 0 Å². The molecule has 4 unspecified atom stereocenters. The molecule has 1 fully saturated rings. The van der Waals surface area contributed by atoms with Crippen LogP contribution in [0.2, 0.25) is 0 Å². The van der Waals surface area contributed by atoms with Crippen molar-refractivity contribution in [2.75, 3.05) is 91.9 Å². The van der Waals surface area contributed by atoms with Crippen LogP contribution in [0.1, 0.15) is 41.5 Å². The molecule has 0 aromatic carbocycles. The third-order valence-electron chi connectivity index (χ3n) is 6.93. The van der Waals surface area contributed by atoms with Gasteiger partial charge in [-0.05, 0) is 41.5 Å². The van der Waals surface area contributed by atoms with Crippen molar-refractivity contribution in [2.45, 2.75) is 77.0 Å². The van der Waals surface area contributed by atoms with E-state index in [1.807, 2.05) is 19.6 Å². The summed E-state index contributed by atoms with van der Waals surface area (Å²) in [5.41, 5.74) is -1.36. The monoisotopic (exact) mass is 608 g/mol. The Morgan fingerprint density at radius 3 is 1.07 bits per heavy atom. The minimum atomic E-state index is -1.21. The zero-order valence-corrected chi connectivity index (χ0v) is 26.3. The molecule has 1 aliphatic heterocycles. The first-order chi connectivity index (χ1) is 19.5. The van der Waals surface area contributed by atoms with Crippen LogP contribution in [-0.2, 0) is 19.1 Å². The Morgan fingerprint density at radius 2 is 0.857 bits per heavy atom. The highest BCUT2D eigenvalue weighted by Gasteiger charge is 2.31. The highest BCUT2D eigenvalue weighted by Crippen LogP contribution is 2.13. The molecule has 14 nitrogen and oxygen atoms in total. The zero-order valence-electron chi connectivity index (χ0n) is 26.3. The van der Waals surface area contributed by atoms with Crippen molar-refractivity contribution in [3.63, 3.8) is 0 Å². The van der Waals surface area contributed by atoms with Crippen LogP contribution in [0.3, 0.4) is 0 Å². The van der Waals surface area contributed by atoms with Gasteiger partial charge in [0.2, 0.25) is 0 Å². The van der Waals surface area contributed by atoms with Gasteiger partial charge in [-0.1, -0.05) is 0 Å². The molecule has 1 heterocycles. The Labute approximate surface area is 250 Å². The second-order valence-electron chi connectivity index (χ2n) is 12.8. The fourth-order valence-electron chi connectivity index (χ4n) is 4.82. The fourth-order valence-corrected chi connectivity index (χ4v) is 4.82. The Morgan fingerprint density at radius 1 is 0.571 bits per heavy atom. The minimum Gasteiger partial charge on any atom is -0.459 e. The van der Waals surface area contributed by atoms with Gasteiger partial charge in [0.15, 0.2) is 0 Å². The number of carbonyl (C=O) groups is 2. The molecule has 14 heteroatoms. The van der Waals surface area contributed by atoms with Gasteiger partial charge in [0.25, 0.3) is 0 Å². The standard InChI is InChI=1S/C28H56N4O10/c1-27(2,3)41-25(39)15-29-7-11-31(21(17-33)23(37)19-35)13-9-30(16-26(40)42-28(4,5)6)10-14-32(12-8-29)22(18-34)24(38)20-36/h21-24,33-38H,7-20H2,1-6H3. The van der Waals surface area contributed by atoms with Crippen LogP contribution in [-0.4, -0.2) is 190 Å². The minimum absolute atomic E-state index is 0.0393. The van der Waals surface area contributed by atoms with E-state index in [4.69, 9.17) is 9.47 Å². The summed E-state index contributed by atoms with van der Waals surface area (Å²) in [5, 5.41) is 60.2. The predicted molar refractivity (Wildman–Crippen MR) is 156 cm³/mol. The van der Waals surface area contributed by atoms with Crippen LogP contribution < -0.4 is 0 Å². The fraction of sp³-hybridized carbons (Fsp3) is 0.929. The van der Waals surface area contributed by atoms with Gasteiger partial charge < -0.3 is 40.1 Å². The van der Waals surface area contributed by atoms with Crippen LogP contribution in [0.25, 0.3) is 0 Å². The van der Waals surface area contributed by atoms with Crippen LogP contribution in [0.5, 0.6) is 0 Å². The van der Waals surface area contributed by atoms with Crippen molar-refractivity contribution < 1.29 is 49.7 Å². The lowest BCUT2D eigenvalue weighted by atomic mass is 10.1. The Balaban J connectivity index is 3.34. The van der Waals surface area contributed by atoms with Gasteiger partial charge in [0.05, 0.1) is 63.8 Å². The quantitative estimate of drug-likeness (QED) is 0.126. The van der Waals surface area contributed by atoms with Crippen LogP contribution in [0, 0.1) is 0 Å². The van der Waals surface area contributed by atoms with Gasteiger partial charge in [0, 0.05) is 52.4 Å². The first-order valence-corrected chi connectivity index (χ1v) is 14.7. The molecule has 0 amide bonds. The lowest BCUT2D eigenvalue weighted by molar-refractivity contribution is -0.157. The Bertz CT molecular complexity index is 712. The molecule has 248 valence electrons. The number of aliphatic hydroxyl groups excluding tert-OH is 6. The summed E-state index contributed by atoms with van der Waals surface area (Å²) in [6, 6.07) is -1.56. The molecule has 0 radical (unpaired) electrons. The van der Waals surface area contributed by atoms with E-state index in [-0.39, 0.29) is 13.1 Å². The number of aliphatic hydroxyl groups is 6. The maximum absolute atomic E-state index is 12.7.